The Bertz CT molecular complexity index is 792. The molecule has 0 radical (unpaired) electrons. The molecule has 0 unspecified atom stereocenters. The van der Waals surface area contributed by atoms with Gasteiger partial charge in [-0.25, -0.2) is 0 Å². The lowest BCUT2D eigenvalue weighted by Crippen LogP contribution is -2.35. The van der Waals surface area contributed by atoms with Crippen LogP contribution in [0.15, 0.2) is 36.7 Å². The molecule has 0 aliphatic carbocycles. The molecule has 3 heterocycles. The minimum Gasteiger partial charge on any atom is -0.366 e. The van der Waals surface area contributed by atoms with Crippen LogP contribution in [-0.2, 0) is 24.3 Å². The number of nitrogens with zero attached hydrogens (tertiary/aromatic N) is 3. The Morgan fingerprint density at radius 2 is 1.96 bits per heavy atom. The second kappa shape index (κ2) is 7.04. The fourth-order valence-electron chi connectivity index (χ4n) is 3.72. The fourth-order valence-corrected chi connectivity index (χ4v) is 3.92. The van der Waals surface area contributed by atoms with Gasteiger partial charge in [-0.2, -0.15) is 0 Å². The predicted octanol–water partition coefficient (Wildman–Crippen LogP) is 3.81. The Balaban J connectivity index is 1.50. The average Bonchev–Trinajstić information content (AvgIpc) is 2.63. The number of hydrogen-bond donors (Lipinski definition) is 0. The first kappa shape index (κ1) is 16.4. The molecule has 1 aromatic heterocycles. The summed E-state index contributed by atoms with van der Waals surface area (Å²) in [6.07, 6.45) is 7.59. The van der Waals surface area contributed by atoms with Crippen LogP contribution in [0, 0.1) is 0 Å². The van der Waals surface area contributed by atoms with Crippen LogP contribution in [0.3, 0.4) is 0 Å². The predicted molar refractivity (Wildman–Crippen MR) is 99.7 cm³/mol. The minimum absolute atomic E-state index is 0.264. The lowest BCUT2D eigenvalue weighted by Gasteiger charge is -2.31. The number of hydrogen-bond acceptors (Lipinski definition) is 3. The molecular formula is C20H22ClN3O. The first-order chi connectivity index (χ1) is 12.2. The molecule has 0 spiro atoms. The zero-order valence-corrected chi connectivity index (χ0v) is 15.0. The molecule has 2 aliphatic heterocycles. The largest absolute Gasteiger partial charge is 0.366 e. The van der Waals surface area contributed by atoms with E-state index in [4.69, 9.17) is 11.6 Å². The van der Waals surface area contributed by atoms with Crippen LogP contribution in [-0.4, -0.2) is 28.9 Å². The highest BCUT2D eigenvalue weighted by Gasteiger charge is 2.20. The molecule has 0 saturated carbocycles. The maximum absolute atomic E-state index is 12.0. The summed E-state index contributed by atoms with van der Waals surface area (Å²) in [4.78, 5) is 20.8. The van der Waals surface area contributed by atoms with Crippen molar-refractivity contribution in [3.63, 3.8) is 0 Å². The van der Waals surface area contributed by atoms with Gasteiger partial charge < -0.3 is 9.80 Å². The van der Waals surface area contributed by atoms with E-state index in [2.05, 4.69) is 28.1 Å². The van der Waals surface area contributed by atoms with E-state index in [0.717, 1.165) is 55.2 Å². The molecule has 1 amide bonds. The molecule has 0 bridgehead atoms. The van der Waals surface area contributed by atoms with Crippen molar-refractivity contribution in [2.45, 2.75) is 38.8 Å². The summed E-state index contributed by atoms with van der Waals surface area (Å²) in [5, 5.41) is 0.807. The number of pyridine rings is 1. The molecule has 2 aliphatic rings. The lowest BCUT2D eigenvalue weighted by atomic mass is 9.99. The van der Waals surface area contributed by atoms with Gasteiger partial charge in [-0.3, -0.25) is 9.78 Å². The highest BCUT2D eigenvalue weighted by atomic mass is 35.5. The number of amides is 1. The third-order valence-corrected chi connectivity index (χ3v) is 5.36. The van der Waals surface area contributed by atoms with Crippen LogP contribution < -0.4 is 4.90 Å². The number of likely N-dealkylation sites (tertiary alicyclic amines) is 1. The van der Waals surface area contributed by atoms with Crippen LogP contribution in [0.1, 0.15) is 36.0 Å². The maximum Gasteiger partial charge on any atom is 0.222 e. The number of carbonyl (C=O) groups excluding carboxylic acids is 1. The summed E-state index contributed by atoms with van der Waals surface area (Å²) in [7, 11) is 0. The summed E-state index contributed by atoms with van der Waals surface area (Å²) in [5.74, 6) is 0.264. The Hall–Kier alpha value is -2.07. The monoisotopic (exact) mass is 355 g/mol. The summed E-state index contributed by atoms with van der Waals surface area (Å²) in [5.41, 5.74) is 4.90. The van der Waals surface area contributed by atoms with E-state index in [1.54, 1.807) is 0 Å². The smallest absolute Gasteiger partial charge is 0.222 e. The van der Waals surface area contributed by atoms with Gasteiger partial charge in [0.25, 0.3) is 0 Å². The second-order valence-corrected chi connectivity index (χ2v) is 7.34. The zero-order chi connectivity index (χ0) is 17.2. The Morgan fingerprint density at radius 1 is 1.04 bits per heavy atom. The molecule has 5 heteroatoms. The van der Waals surface area contributed by atoms with Gasteiger partial charge in [0.15, 0.2) is 0 Å². The third-order valence-electron chi connectivity index (χ3n) is 5.12. The van der Waals surface area contributed by atoms with Crippen molar-refractivity contribution in [2.75, 3.05) is 18.0 Å². The van der Waals surface area contributed by atoms with Crippen molar-refractivity contribution in [3.05, 3.63) is 58.4 Å². The quantitative estimate of drug-likeness (QED) is 0.840. The van der Waals surface area contributed by atoms with Gasteiger partial charge in [0.05, 0.1) is 11.9 Å². The van der Waals surface area contributed by atoms with E-state index in [1.807, 2.05) is 23.4 Å². The zero-order valence-electron chi connectivity index (χ0n) is 14.2. The molecule has 130 valence electrons. The van der Waals surface area contributed by atoms with Gasteiger partial charge in [-0.15, -0.1) is 0 Å². The summed E-state index contributed by atoms with van der Waals surface area (Å²) >= 11 is 6.10. The summed E-state index contributed by atoms with van der Waals surface area (Å²) in [6, 6.07) is 8.33. The number of rotatable bonds is 3. The van der Waals surface area contributed by atoms with E-state index >= 15 is 0 Å². The van der Waals surface area contributed by atoms with Gasteiger partial charge in [-0.05, 0) is 54.2 Å². The number of anilines is 1. The number of benzene rings is 1. The van der Waals surface area contributed by atoms with E-state index in [0.29, 0.717) is 13.0 Å². The van der Waals surface area contributed by atoms with Crippen molar-refractivity contribution in [1.29, 1.82) is 0 Å². The highest BCUT2D eigenvalue weighted by Crippen LogP contribution is 2.27. The number of fused-ring (bicyclic) bond motifs is 1. The summed E-state index contributed by atoms with van der Waals surface area (Å²) < 4.78 is 0. The fraction of sp³-hybridized carbons (Fsp3) is 0.400. The van der Waals surface area contributed by atoms with Gasteiger partial charge in [0, 0.05) is 43.8 Å². The van der Waals surface area contributed by atoms with E-state index in [-0.39, 0.29) is 5.91 Å². The number of piperidine rings is 1. The van der Waals surface area contributed by atoms with Crippen molar-refractivity contribution in [1.82, 2.24) is 9.88 Å². The van der Waals surface area contributed by atoms with E-state index < -0.39 is 0 Å². The highest BCUT2D eigenvalue weighted by molar-refractivity contribution is 6.30. The lowest BCUT2D eigenvalue weighted by molar-refractivity contribution is -0.133. The molecule has 1 fully saturated rings. The Morgan fingerprint density at radius 3 is 2.84 bits per heavy atom. The maximum atomic E-state index is 12.0. The van der Waals surface area contributed by atoms with Crippen LogP contribution in [0.2, 0.25) is 5.02 Å². The Labute approximate surface area is 153 Å². The second-order valence-electron chi connectivity index (χ2n) is 6.91. The number of carbonyl (C=O) groups is 1. The van der Waals surface area contributed by atoms with Gasteiger partial charge in [-0.1, -0.05) is 17.7 Å². The first-order valence-electron chi connectivity index (χ1n) is 8.93. The van der Waals surface area contributed by atoms with Gasteiger partial charge in [0.2, 0.25) is 5.91 Å². The molecular weight excluding hydrogens is 334 g/mol. The van der Waals surface area contributed by atoms with Crippen LogP contribution in [0.5, 0.6) is 0 Å². The van der Waals surface area contributed by atoms with Crippen LogP contribution >= 0.6 is 11.6 Å². The molecule has 1 aromatic carbocycles. The minimum atomic E-state index is 0.264. The number of halogens is 1. The number of aromatic nitrogens is 1. The molecule has 25 heavy (non-hydrogen) atoms. The van der Waals surface area contributed by atoms with Crippen molar-refractivity contribution >= 4 is 23.2 Å². The molecule has 0 N–H and O–H groups in total. The SMILES string of the molecule is O=C1CCCCN1Cc1cncc(N2CCc3cc(Cl)ccc3C2)c1. The van der Waals surface area contributed by atoms with Crippen molar-refractivity contribution in [3.8, 4) is 0 Å². The summed E-state index contributed by atoms with van der Waals surface area (Å²) in [6.45, 7) is 3.36. The Kier molecular flexibility index (Phi) is 4.62. The molecule has 4 nitrogen and oxygen atoms in total. The van der Waals surface area contributed by atoms with E-state index in [1.165, 1.54) is 11.1 Å². The van der Waals surface area contributed by atoms with E-state index in [9.17, 15) is 4.79 Å². The van der Waals surface area contributed by atoms with Gasteiger partial charge in [0.1, 0.15) is 0 Å². The van der Waals surface area contributed by atoms with Crippen LogP contribution in [0.4, 0.5) is 5.69 Å². The molecule has 1 saturated heterocycles. The topological polar surface area (TPSA) is 36.4 Å². The van der Waals surface area contributed by atoms with Crippen LogP contribution in [0.25, 0.3) is 0 Å². The van der Waals surface area contributed by atoms with Crippen molar-refractivity contribution < 1.29 is 4.79 Å². The van der Waals surface area contributed by atoms with Crippen molar-refractivity contribution in [2.24, 2.45) is 0 Å². The third kappa shape index (κ3) is 3.64. The molecule has 4 rings (SSSR count). The molecule has 0 atom stereocenters. The normalized spacial score (nSPS) is 17.6. The van der Waals surface area contributed by atoms with Gasteiger partial charge >= 0.3 is 0 Å². The molecule has 2 aromatic rings. The first-order valence-corrected chi connectivity index (χ1v) is 9.31. The standard InChI is InChI=1S/C20H22ClN3O/c21-18-5-4-17-14-23(8-6-16(17)10-18)19-9-15(11-22-12-19)13-24-7-2-1-3-20(24)25/h4-5,9-12H,1-3,6-8,13-14H2. The average molecular weight is 356 g/mol.